The summed E-state index contributed by atoms with van der Waals surface area (Å²) in [5.74, 6) is 0.318. The molecule has 0 saturated carbocycles. The van der Waals surface area contributed by atoms with E-state index >= 15 is 0 Å². The monoisotopic (exact) mass is 385 g/mol. The van der Waals surface area contributed by atoms with E-state index in [9.17, 15) is 8.42 Å². The normalized spacial score (nSPS) is 11.5. The second kappa shape index (κ2) is 7.94. The molecule has 3 aromatic rings. The lowest BCUT2D eigenvalue weighted by molar-refractivity contribution is 0.402. The zero-order chi connectivity index (χ0) is 19.4. The highest BCUT2D eigenvalue weighted by Gasteiger charge is 2.20. The van der Waals surface area contributed by atoms with Crippen LogP contribution >= 0.6 is 0 Å². The van der Waals surface area contributed by atoms with Crippen LogP contribution in [0.2, 0.25) is 0 Å². The van der Waals surface area contributed by atoms with E-state index in [0.717, 1.165) is 22.5 Å². The highest BCUT2D eigenvalue weighted by Crippen LogP contribution is 2.23. The summed E-state index contributed by atoms with van der Waals surface area (Å²) in [5, 5.41) is 4.57. The largest absolute Gasteiger partial charge is 0.495 e. The van der Waals surface area contributed by atoms with Crippen molar-refractivity contribution in [2.24, 2.45) is 0 Å². The van der Waals surface area contributed by atoms with Crippen molar-refractivity contribution >= 4 is 10.0 Å². The van der Waals surface area contributed by atoms with Crippen molar-refractivity contribution in [3.63, 3.8) is 0 Å². The SMILES string of the molecule is COc1ccccc1S(=O)(=O)NCc1c(C)nn(Cc2ccccc2)c1C. The Hall–Kier alpha value is -2.64. The van der Waals surface area contributed by atoms with Gasteiger partial charge in [0.05, 0.1) is 19.3 Å². The molecule has 1 heterocycles. The Morgan fingerprint density at radius 2 is 1.70 bits per heavy atom. The summed E-state index contributed by atoms with van der Waals surface area (Å²) in [6.07, 6.45) is 0. The van der Waals surface area contributed by atoms with Crippen molar-refractivity contribution in [1.82, 2.24) is 14.5 Å². The van der Waals surface area contributed by atoms with Gasteiger partial charge in [0.1, 0.15) is 10.6 Å². The average molecular weight is 385 g/mol. The molecule has 1 N–H and O–H groups in total. The molecule has 0 fully saturated rings. The summed E-state index contributed by atoms with van der Waals surface area (Å²) in [5.41, 5.74) is 3.78. The highest BCUT2D eigenvalue weighted by molar-refractivity contribution is 7.89. The topological polar surface area (TPSA) is 73.2 Å². The van der Waals surface area contributed by atoms with Crippen molar-refractivity contribution in [2.45, 2.75) is 31.8 Å². The number of ether oxygens (including phenoxy) is 1. The van der Waals surface area contributed by atoms with E-state index in [0.29, 0.717) is 12.3 Å². The number of hydrogen-bond donors (Lipinski definition) is 1. The summed E-state index contributed by atoms with van der Waals surface area (Å²) in [6, 6.07) is 16.6. The zero-order valence-corrected chi connectivity index (χ0v) is 16.5. The fourth-order valence-corrected chi connectivity index (χ4v) is 4.15. The third kappa shape index (κ3) is 4.20. The number of aryl methyl sites for hydroxylation is 1. The quantitative estimate of drug-likeness (QED) is 0.678. The molecular weight excluding hydrogens is 362 g/mol. The molecule has 0 aliphatic heterocycles. The van der Waals surface area contributed by atoms with Gasteiger partial charge in [-0.25, -0.2) is 13.1 Å². The number of benzene rings is 2. The maximum absolute atomic E-state index is 12.7. The maximum Gasteiger partial charge on any atom is 0.244 e. The third-order valence-corrected chi connectivity index (χ3v) is 5.94. The molecule has 0 unspecified atom stereocenters. The Morgan fingerprint density at radius 1 is 1.04 bits per heavy atom. The maximum atomic E-state index is 12.7. The molecule has 0 radical (unpaired) electrons. The molecule has 2 aromatic carbocycles. The second-order valence-corrected chi connectivity index (χ2v) is 8.00. The van der Waals surface area contributed by atoms with Crippen LogP contribution in [0.3, 0.4) is 0 Å². The van der Waals surface area contributed by atoms with Gasteiger partial charge in [-0.15, -0.1) is 0 Å². The number of rotatable bonds is 7. The van der Waals surface area contributed by atoms with E-state index < -0.39 is 10.0 Å². The minimum absolute atomic E-state index is 0.125. The van der Waals surface area contributed by atoms with E-state index in [1.807, 2.05) is 48.9 Å². The molecule has 0 spiro atoms. The van der Waals surface area contributed by atoms with Gasteiger partial charge in [0, 0.05) is 17.8 Å². The Morgan fingerprint density at radius 3 is 2.41 bits per heavy atom. The van der Waals surface area contributed by atoms with Crippen LogP contribution in [0.25, 0.3) is 0 Å². The first-order chi connectivity index (χ1) is 12.9. The average Bonchev–Trinajstić information content (AvgIpc) is 2.94. The molecule has 0 aliphatic rings. The molecule has 7 heteroatoms. The number of nitrogens with zero attached hydrogens (tertiary/aromatic N) is 2. The molecule has 0 aliphatic carbocycles. The first kappa shape index (κ1) is 19.1. The van der Waals surface area contributed by atoms with Crippen LogP contribution in [-0.4, -0.2) is 25.3 Å². The fourth-order valence-electron chi connectivity index (χ4n) is 2.99. The summed E-state index contributed by atoms with van der Waals surface area (Å²) >= 11 is 0. The van der Waals surface area contributed by atoms with E-state index in [4.69, 9.17) is 4.74 Å². The van der Waals surface area contributed by atoms with Crippen LogP contribution < -0.4 is 9.46 Å². The van der Waals surface area contributed by atoms with Crippen molar-refractivity contribution in [2.75, 3.05) is 7.11 Å². The summed E-state index contributed by atoms with van der Waals surface area (Å²) in [4.78, 5) is 0.125. The first-order valence-electron chi connectivity index (χ1n) is 8.62. The van der Waals surface area contributed by atoms with Gasteiger partial charge in [-0.3, -0.25) is 4.68 Å². The summed E-state index contributed by atoms with van der Waals surface area (Å²) in [7, 11) is -2.24. The minimum Gasteiger partial charge on any atom is -0.495 e. The van der Waals surface area contributed by atoms with Gasteiger partial charge in [0.15, 0.2) is 0 Å². The molecule has 0 amide bonds. The van der Waals surface area contributed by atoms with Gasteiger partial charge in [-0.05, 0) is 31.5 Å². The van der Waals surface area contributed by atoms with Gasteiger partial charge >= 0.3 is 0 Å². The van der Waals surface area contributed by atoms with Crippen molar-refractivity contribution in [3.8, 4) is 5.75 Å². The number of aromatic nitrogens is 2. The van der Waals surface area contributed by atoms with E-state index in [1.165, 1.54) is 13.2 Å². The molecule has 27 heavy (non-hydrogen) atoms. The first-order valence-corrected chi connectivity index (χ1v) is 10.1. The van der Waals surface area contributed by atoms with E-state index in [-0.39, 0.29) is 11.4 Å². The Labute approximate surface area is 159 Å². The Bertz CT molecular complexity index is 1030. The van der Waals surface area contributed by atoms with Crippen molar-refractivity contribution in [1.29, 1.82) is 0 Å². The van der Waals surface area contributed by atoms with Crippen LogP contribution in [0.1, 0.15) is 22.5 Å². The number of para-hydroxylation sites is 1. The van der Waals surface area contributed by atoms with Crippen LogP contribution in [0, 0.1) is 13.8 Å². The Balaban J connectivity index is 1.80. The lowest BCUT2D eigenvalue weighted by atomic mass is 10.2. The molecule has 3 rings (SSSR count). The van der Waals surface area contributed by atoms with Crippen LogP contribution in [0.4, 0.5) is 0 Å². The van der Waals surface area contributed by atoms with Crippen molar-refractivity contribution < 1.29 is 13.2 Å². The lowest BCUT2D eigenvalue weighted by Gasteiger charge is -2.11. The Kier molecular flexibility index (Phi) is 5.62. The number of hydrogen-bond acceptors (Lipinski definition) is 4. The predicted octanol–water partition coefficient (Wildman–Crippen LogP) is 3.04. The predicted molar refractivity (Wildman–Crippen MR) is 104 cm³/mol. The molecule has 1 aromatic heterocycles. The fraction of sp³-hybridized carbons (Fsp3) is 0.250. The van der Waals surface area contributed by atoms with Gasteiger partial charge in [0.25, 0.3) is 0 Å². The lowest BCUT2D eigenvalue weighted by Crippen LogP contribution is -2.24. The number of methoxy groups -OCH3 is 1. The van der Waals surface area contributed by atoms with Gasteiger partial charge in [-0.1, -0.05) is 42.5 Å². The minimum atomic E-state index is -3.70. The molecule has 0 bridgehead atoms. The van der Waals surface area contributed by atoms with Gasteiger partial charge in [0.2, 0.25) is 10.0 Å². The van der Waals surface area contributed by atoms with Gasteiger partial charge in [-0.2, -0.15) is 5.10 Å². The summed E-state index contributed by atoms with van der Waals surface area (Å²) < 4.78 is 35.1. The van der Waals surface area contributed by atoms with Crippen LogP contribution in [0.5, 0.6) is 5.75 Å². The molecular formula is C20H23N3O3S. The number of nitrogens with one attached hydrogen (secondary N) is 1. The van der Waals surface area contributed by atoms with E-state index in [1.54, 1.807) is 18.2 Å². The van der Waals surface area contributed by atoms with Crippen molar-refractivity contribution in [3.05, 3.63) is 77.1 Å². The zero-order valence-electron chi connectivity index (χ0n) is 15.6. The smallest absolute Gasteiger partial charge is 0.244 e. The standard InChI is InChI=1S/C20H23N3O3S/c1-15-18(16(2)23(22-15)14-17-9-5-4-6-10-17)13-21-27(24,25)20-12-8-7-11-19(20)26-3/h4-12,21H,13-14H2,1-3H3. The second-order valence-electron chi connectivity index (χ2n) is 6.27. The van der Waals surface area contributed by atoms with E-state index in [2.05, 4.69) is 9.82 Å². The third-order valence-electron chi connectivity index (χ3n) is 4.50. The molecule has 142 valence electrons. The molecule has 0 saturated heterocycles. The molecule has 6 nitrogen and oxygen atoms in total. The van der Waals surface area contributed by atoms with Crippen LogP contribution in [0.15, 0.2) is 59.5 Å². The van der Waals surface area contributed by atoms with Gasteiger partial charge < -0.3 is 4.74 Å². The van der Waals surface area contributed by atoms with Crippen LogP contribution in [-0.2, 0) is 23.1 Å². The summed E-state index contributed by atoms with van der Waals surface area (Å²) in [6.45, 7) is 4.66. The molecule has 0 atom stereocenters. The highest BCUT2D eigenvalue weighted by atomic mass is 32.2. The number of sulfonamides is 1.